The predicted molar refractivity (Wildman–Crippen MR) is 111 cm³/mol. The molecule has 0 radical (unpaired) electrons. The van der Waals surface area contributed by atoms with E-state index in [9.17, 15) is 9.90 Å². The quantitative estimate of drug-likeness (QED) is 0.651. The highest BCUT2D eigenvalue weighted by molar-refractivity contribution is 9.10. The van der Waals surface area contributed by atoms with Gasteiger partial charge in [0, 0.05) is 13.1 Å². The minimum atomic E-state index is -0.143. The monoisotopic (exact) mass is 427 g/mol. The molecule has 6 heteroatoms. The Kier molecular flexibility index (Phi) is 6.08. The van der Waals surface area contributed by atoms with Crippen LogP contribution in [0.25, 0.3) is 11.4 Å². The van der Waals surface area contributed by atoms with Crippen molar-refractivity contribution in [3.63, 3.8) is 0 Å². The standard InChI is InChI=1S/C21H22BrN3O2/c1-24(2)14-17-19(22)21(27)25(13-12-15-8-4-3-5-9-15)20(23-17)16-10-6-7-11-18(16)26/h3-11,26H,12-14H2,1-2H3. The molecule has 0 aliphatic heterocycles. The third-order valence-corrected chi connectivity index (χ3v) is 5.06. The molecule has 0 saturated heterocycles. The van der Waals surface area contributed by atoms with Crippen LogP contribution < -0.4 is 5.56 Å². The first-order valence-corrected chi connectivity index (χ1v) is 9.53. The van der Waals surface area contributed by atoms with Crippen LogP contribution in [0.4, 0.5) is 0 Å². The average molecular weight is 428 g/mol. The van der Waals surface area contributed by atoms with Crippen molar-refractivity contribution in [1.82, 2.24) is 14.5 Å². The second-order valence-corrected chi connectivity index (χ2v) is 7.44. The van der Waals surface area contributed by atoms with E-state index in [-0.39, 0.29) is 11.3 Å². The molecule has 0 saturated carbocycles. The van der Waals surface area contributed by atoms with Crippen LogP contribution in [0, 0.1) is 0 Å². The fraction of sp³-hybridized carbons (Fsp3) is 0.238. The summed E-state index contributed by atoms with van der Waals surface area (Å²) in [6.45, 7) is 0.996. The molecule has 0 unspecified atom stereocenters. The first kappa shape index (κ1) is 19.3. The Hall–Kier alpha value is -2.44. The molecule has 0 fully saturated rings. The highest BCUT2D eigenvalue weighted by atomic mass is 79.9. The molecule has 27 heavy (non-hydrogen) atoms. The summed E-state index contributed by atoms with van der Waals surface area (Å²) in [5.74, 6) is 0.588. The average Bonchev–Trinajstić information content (AvgIpc) is 2.66. The minimum Gasteiger partial charge on any atom is -0.507 e. The normalized spacial score (nSPS) is 11.1. The first-order chi connectivity index (χ1) is 13.0. The van der Waals surface area contributed by atoms with Gasteiger partial charge in [-0.05, 0) is 54.1 Å². The molecule has 0 amide bonds. The number of phenolic OH excluding ortho intramolecular Hbond substituents is 1. The van der Waals surface area contributed by atoms with Crippen LogP contribution in [-0.2, 0) is 19.5 Å². The second-order valence-electron chi connectivity index (χ2n) is 6.64. The third-order valence-electron chi connectivity index (χ3n) is 4.26. The molecular weight excluding hydrogens is 406 g/mol. The van der Waals surface area contributed by atoms with Crippen molar-refractivity contribution in [3.8, 4) is 17.1 Å². The van der Waals surface area contributed by atoms with E-state index in [1.165, 1.54) is 0 Å². The zero-order valence-corrected chi connectivity index (χ0v) is 17.0. The molecule has 2 aromatic carbocycles. The number of nitrogens with zero attached hydrogens (tertiary/aromatic N) is 3. The van der Waals surface area contributed by atoms with E-state index in [2.05, 4.69) is 15.9 Å². The number of rotatable bonds is 6. The van der Waals surface area contributed by atoms with E-state index >= 15 is 0 Å². The Morgan fingerprint density at radius 2 is 1.74 bits per heavy atom. The molecule has 3 rings (SSSR count). The molecule has 1 heterocycles. The predicted octanol–water partition coefficient (Wildman–Crippen LogP) is 3.68. The van der Waals surface area contributed by atoms with Crippen LogP contribution in [0.2, 0.25) is 0 Å². The number of benzene rings is 2. The largest absolute Gasteiger partial charge is 0.507 e. The molecule has 0 aliphatic rings. The van der Waals surface area contributed by atoms with Crippen LogP contribution in [-0.4, -0.2) is 33.7 Å². The van der Waals surface area contributed by atoms with Crippen LogP contribution in [0.5, 0.6) is 5.75 Å². The van der Waals surface area contributed by atoms with Gasteiger partial charge in [0.1, 0.15) is 16.0 Å². The molecule has 5 nitrogen and oxygen atoms in total. The van der Waals surface area contributed by atoms with Gasteiger partial charge >= 0.3 is 0 Å². The van der Waals surface area contributed by atoms with Gasteiger partial charge in [-0.1, -0.05) is 42.5 Å². The van der Waals surface area contributed by atoms with Gasteiger partial charge in [-0.3, -0.25) is 9.36 Å². The molecule has 0 atom stereocenters. The molecule has 3 aromatic rings. The van der Waals surface area contributed by atoms with Crippen LogP contribution in [0.3, 0.4) is 0 Å². The number of para-hydroxylation sites is 1. The highest BCUT2D eigenvalue weighted by Crippen LogP contribution is 2.28. The van der Waals surface area contributed by atoms with Crippen molar-refractivity contribution in [2.45, 2.75) is 19.5 Å². The Balaban J connectivity index is 2.11. The molecule has 1 aromatic heterocycles. The van der Waals surface area contributed by atoms with Crippen molar-refractivity contribution < 1.29 is 5.11 Å². The van der Waals surface area contributed by atoms with Crippen LogP contribution in [0.1, 0.15) is 11.3 Å². The molecule has 0 bridgehead atoms. The number of aryl methyl sites for hydroxylation is 1. The summed E-state index contributed by atoms with van der Waals surface area (Å²) in [4.78, 5) is 19.8. The molecule has 1 N–H and O–H groups in total. The molecule has 140 valence electrons. The summed E-state index contributed by atoms with van der Waals surface area (Å²) in [5, 5.41) is 10.3. The van der Waals surface area contributed by atoms with E-state index in [0.29, 0.717) is 41.1 Å². The Morgan fingerprint density at radius 3 is 2.41 bits per heavy atom. The van der Waals surface area contributed by atoms with Gasteiger partial charge in [-0.25, -0.2) is 4.98 Å². The van der Waals surface area contributed by atoms with Gasteiger partial charge in [0.05, 0.1) is 11.3 Å². The van der Waals surface area contributed by atoms with Crippen LogP contribution >= 0.6 is 15.9 Å². The summed E-state index contributed by atoms with van der Waals surface area (Å²) in [7, 11) is 3.85. The van der Waals surface area contributed by atoms with Crippen molar-refractivity contribution in [1.29, 1.82) is 0 Å². The van der Waals surface area contributed by atoms with Crippen LogP contribution in [0.15, 0.2) is 63.9 Å². The summed E-state index contributed by atoms with van der Waals surface area (Å²) in [6.07, 6.45) is 0.697. The SMILES string of the molecule is CN(C)Cc1nc(-c2ccccc2O)n(CCc2ccccc2)c(=O)c1Br. The van der Waals surface area contributed by atoms with Gasteiger partial charge < -0.3 is 10.0 Å². The van der Waals surface area contributed by atoms with Gasteiger partial charge in [0.25, 0.3) is 5.56 Å². The Labute approximate surface area is 167 Å². The minimum absolute atomic E-state index is 0.107. The lowest BCUT2D eigenvalue weighted by molar-refractivity contribution is 0.394. The summed E-state index contributed by atoms with van der Waals surface area (Å²) in [5.41, 5.74) is 2.20. The van der Waals surface area contributed by atoms with Crippen molar-refractivity contribution in [3.05, 3.63) is 80.7 Å². The maximum atomic E-state index is 13.1. The number of aromatic nitrogens is 2. The number of hydrogen-bond donors (Lipinski definition) is 1. The van der Waals surface area contributed by atoms with E-state index in [0.717, 1.165) is 5.56 Å². The molecule has 0 spiro atoms. The van der Waals surface area contributed by atoms with Gasteiger partial charge in [-0.15, -0.1) is 0 Å². The smallest absolute Gasteiger partial charge is 0.268 e. The number of hydrogen-bond acceptors (Lipinski definition) is 4. The van der Waals surface area contributed by atoms with E-state index in [1.54, 1.807) is 22.8 Å². The van der Waals surface area contributed by atoms with Crippen molar-refractivity contribution >= 4 is 15.9 Å². The van der Waals surface area contributed by atoms with Crippen molar-refractivity contribution in [2.24, 2.45) is 0 Å². The topological polar surface area (TPSA) is 58.4 Å². The van der Waals surface area contributed by atoms with Gasteiger partial charge in [0.2, 0.25) is 0 Å². The van der Waals surface area contributed by atoms with Gasteiger partial charge in [0.15, 0.2) is 0 Å². The Bertz CT molecular complexity index is 984. The molecule has 0 aliphatic carbocycles. The lowest BCUT2D eigenvalue weighted by Gasteiger charge is -2.17. The zero-order valence-electron chi connectivity index (χ0n) is 15.4. The fourth-order valence-electron chi connectivity index (χ4n) is 2.94. The molecular formula is C21H22BrN3O2. The zero-order chi connectivity index (χ0) is 19.4. The lowest BCUT2D eigenvalue weighted by Crippen LogP contribution is -2.28. The first-order valence-electron chi connectivity index (χ1n) is 8.73. The van der Waals surface area contributed by atoms with E-state index < -0.39 is 0 Å². The van der Waals surface area contributed by atoms with E-state index in [4.69, 9.17) is 4.98 Å². The number of halogens is 1. The number of aromatic hydroxyl groups is 1. The maximum absolute atomic E-state index is 13.1. The highest BCUT2D eigenvalue weighted by Gasteiger charge is 2.18. The van der Waals surface area contributed by atoms with E-state index in [1.807, 2.05) is 55.4 Å². The Morgan fingerprint density at radius 1 is 1.07 bits per heavy atom. The summed E-state index contributed by atoms with van der Waals surface area (Å²) in [6, 6.07) is 17.0. The van der Waals surface area contributed by atoms with Crippen molar-refractivity contribution in [2.75, 3.05) is 14.1 Å². The fourth-order valence-corrected chi connectivity index (χ4v) is 3.37. The van der Waals surface area contributed by atoms with Gasteiger partial charge in [-0.2, -0.15) is 0 Å². The third kappa shape index (κ3) is 4.46. The number of phenols is 1. The second kappa shape index (κ2) is 8.50. The maximum Gasteiger partial charge on any atom is 0.268 e. The summed E-state index contributed by atoms with van der Waals surface area (Å²) < 4.78 is 2.09. The summed E-state index contributed by atoms with van der Waals surface area (Å²) >= 11 is 3.43. The lowest BCUT2D eigenvalue weighted by atomic mass is 10.1.